The summed E-state index contributed by atoms with van der Waals surface area (Å²) in [5.74, 6) is 0.177. The minimum atomic E-state index is -0.0596. The summed E-state index contributed by atoms with van der Waals surface area (Å²) in [6, 6.07) is 7.17. The molecule has 1 aliphatic carbocycles. The summed E-state index contributed by atoms with van der Waals surface area (Å²) >= 11 is 8.98. The van der Waals surface area contributed by atoms with Crippen molar-refractivity contribution in [3.63, 3.8) is 0 Å². The minimum absolute atomic E-state index is 0.0454. The Morgan fingerprint density at radius 3 is 2.80 bits per heavy atom. The molecule has 0 saturated carbocycles. The number of fused-ring (bicyclic) bond motifs is 3. The molecule has 1 N–H and O–H groups in total. The lowest BCUT2D eigenvalue weighted by atomic mass is 9.97. The second kappa shape index (κ2) is 9.54. The van der Waals surface area contributed by atoms with Gasteiger partial charge in [-0.05, 0) is 61.9 Å². The highest BCUT2D eigenvalue weighted by Crippen LogP contribution is 2.35. The number of hydrogen-bond acceptors (Lipinski definition) is 5. The molecule has 4 rings (SSSR count). The van der Waals surface area contributed by atoms with Crippen LogP contribution in [0, 0.1) is 0 Å². The Morgan fingerprint density at radius 1 is 1.27 bits per heavy atom. The number of amides is 1. The first kappa shape index (κ1) is 21.4. The monoisotopic (exact) mass is 461 g/mol. The van der Waals surface area contributed by atoms with Gasteiger partial charge in [0.25, 0.3) is 5.56 Å². The maximum absolute atomic E-state index is 13.6. The van der Waals surface area contributed by atoms with Crippen molar-refractivity contribution in [1.29, 1.82) is 0 Å². The molecule has 1 aliphatic rings. The molecule has 0 fully saturated rings. The number of rotatable bonds is 7. The molecule has 8 heteroatoms. The van der Waals surface area contributed by atoms with E-state index in [0.717, 1.165) is 54.3 Å². The number of carbonyl (C=O) groups is 1. The van der Waals surface area contributed by atoms with Crippen molar-refractivity contribution in [1.82, 2.24) is 14.9 Å². The number of thioether (sulfide) groups is 1. The Hall–Kier alpha value is -1.83. The van der Waals surface area contributed by atoms with Crippen LogP contribution in [0.2, 0.25) is 5.02 Å². The zero-order valence-electron chi connectivity index (χ0n) is 16.9. The molecule has 2 aromatic heterocycles. The minimum Gasteiger partial charge on any atom is -0.355 e. The summed E-state index contributed by atoms with van der Waals surface area (Å²) in [4.78, 5) is 32.7. The van der Waals surface area contributed by atoms with Gasteiger partial charge in [-0.25, -0.2) is 4.98 Å². The third kappa shape index (κ3) is 4.43. The van der Waals surface area contributed by atoms with Gasteiger partial charge in [-0.2, -0.15) is 0 Å². The number of benzene rings is 1. The summed E-state index contributed by atoms with van der Waals surface area (Å²) in [7, 11) is 0. The van der Waals surface area contributed by atoms with E-state index >= 15 is 0 Å². The standard InChI is InChI=1S/C22H24ClN3O2S2/c1-2-3-12-24-18(27)13-29-22-25-20-19(16-6-4-5-7-17(16)30-20)21(28)26(22)15-10-8-14(23)9-11-15/h8-11H,2-7,12-13H2,1H3,(H,24,27). The van der Waals surface area contributed by atoms with Crippen LogP contribution in [0.5, 0.6) is 0 Å². The summed E-state index contributed by atoms with van der Waals surface area (Å²) in [5.41, 5.74) is 1.81. The topological polar surface area (TPSA) is 64.0 Å². The fraction of sp³-hybridized carbons (Fsp3) is 0.409. The molecular formula is C22H24ClN3O2S2. The number of thiophene rings is 1. The molecule has 0 spiro atoms. The molecule has 1 aromatic carbocycles. The van der Waals surface area contributed by atoms with E-state index in [1.807, 2.05) is 12.1 Å². The van der Waals surface area contributed by atoms with Crippen molar-refractivity contribution in [3.05, 3.63) is 50.1 Å². The number of aryl methyl sites for hydroxylation is 2. The van der Waals surface area contributed by atoms with Crippen molar-refractivity contribution >= 4 is 50.8 Å². The Kier molecular flexibility index (Phi) is 6.80. The number of aromatic nitrogens is 2. The molecule has 0 unspecified atom stereocenters. The van der Waals surface area contributed by atoms with E-state index in [0.29, 0.717) is 22.4 Å². The van der Waals surface area contributed by atoms with E-state index in [-0.39, 0.29) is 17.2 Å². The normalized spacial score (nSPS) is 13.4. The lowest BCUT2D eigenvalue weighted by Gasteiger charge is -2.13. The lowest BCUT2D eigenvalue weighted by Crippen LogP contribution is -2.27. The van der Waals surface area contributed by atoms with Crippen LogP contribution in [0.15, 0.2) is 34.2 Å². The van der Waals surface area contributed by atoms with E-state index in [1.165, 1.54) is 16.6 Å². The molecule has 5 nitrogen and oxygen atoms in total. The van der Waals surface area contributed by atoms with Gasteiger partial charge < -0.3 is 5.32 Å². The smallest absolute Gasteiger partial charge is 0.267 e. The fourth-order valence-electron chi connectivity index (χ4n) is 3.69. The average molecular weight is 462 g/mol. The van der Waals surface area contributed by atoms with E-state index < -0.39 is 0 Å². The fourth-order valence-corrected chi connectivity index (χ4v) is 5.96. The Balaban J connectivity index is 1.75. The molecule has 2 heterocycles. The maximum atomic E-state index is 13.6. The molecule has 0 radical (unpaired) electrons. The van der Waals surface area contributed by atoms with E-state index in [4.69, 9.17) is 16.6 Å². The van der Waals surface area contributed by atoms with Gasteiger partial charge in [0, 0.05) is 16.4 Å². The second-order valence-corrected chi connectivity index (χ2v) is 9.86. The van der Waals surface area contributed by atoms with Gasteiger partial charge in [0.15, 0.2) is 5.16 Å². The molecule has 3 aromatic rings. The highest BCUT2D eigenvalue weighted by molar-refractivity contribution is 7.99. The number of nitrogens with zero attached hydrogens (tertiary/aromatic N) is 2. The first-order chi connectivity index (χ1) is 14.6. The van der Waals surface area contributed by atoms with Gasteiger partial charge in [-0.3, -0.25) is 14.2 Å². The van der Waals surface area contributed by atoms with Crippen molar-refractivity contribution in [3.8, 4) is 5.69 Å². The van der Waals surface area contributed by atoms with Gasteiger partial charge in [-0.1, -0.05) is 36.7 Å². The average Bonchev–Trinajstić information content (AvgIpc) is 3.12. The van der Waals surface area contributed by atoms with Crippen LogP contribution in [-0.4, -0.2) is 27.8 Å². The maximum Gasteiger partial charge on any atom is 0.267 e. The van der Waals surface area contributed by atoms with Gasteiger partial charge in [-0.15, -0.1) is 11.3 Å². The quantitative estimate of drug-likeness (QED) is 0.306. The Labute approximate surface area is 188 Å². The van der Waals surface area contributed by atoms with E-state index in [1.54, 1.807) is 28.0 Å². The van der Waals surface area contributed by atoms with Gasteiger partial charge in [0.1, 0.15) is 4.83 Å². The van der Waals surface area contributed by atoms with Crippen LogP contribution < -0.4 is 10.9 Å². The van der Waals surface area contributed by atoms with Crippen LogP contribution in [0.25, 0.3) is 15.9 Å². The van der Waals surface area contributed by atoms with Crippen LogP contribution >= 0.6 is 34.7 Å². The summed E-state index contributed by atoms with van der Waals surface area (Å²) in [5, 5.41) is 4.81. The third-order valence-corrected chi connectivity index (χ3v) is 7.60. The predicted molar refractivity (Wildman–Crippen MR) is 126 cm³/mol. The lowest BCUT2D eigenvalue weighted by molar-refractivity contribution is -0.118. The van der Waals surface area contributed by atoms with E-state index in [2.05, 4.69) is 12.2 Å². The van der Waals surface area contributed by atoms with E-state index in [9.17, 15) is 9.59 Å². The number of unbranched alkanes of at least 4 members (excludes halogenated alkanes) is 1. The SMILES string of the molecule is CCCCNC(=O)CSc1nc2sc3c(c2c(=O)n1-c1ccc(Cl)cc1)CCCC3. The number of nitrogens with one attached hydrogen (secondary N) is 1. The predicted octanol–water partition coefficient (Wildman–Crippen LogP) is 4.99. The Bertz CT molecular complexity index is 1120. The van der Waals surface area contributed by atoms with Gasteiger partial charge >= 0.3 is 0 Å². The zero-order valence-corrected chi connectivity index (χ0v) is 19.3. The molecule has 0 atom stereocenters. The van der Waals surface area contributed by atoms with Gasteiger partial charge in [0.2, 0.25) is 5.91 Å². The number of hydrogen-bond donors (Lipinski definition) is 1. The second-order valence-electron chi connectivity index (χ2n) is 7.39. The molecule has 0 aliphatic heterocycles. The molecular weight excluding hydrogens is 438 g/mol. The number of halogens is 1. The van der Waals surface area contributed by atoms with Crippen molar-refractivity contribution in [2.45, 2.75) is 50.6 Å². The number of carbonyl (C=O) groups excluding carboxylic acids is 1. The summed E-state index contributed by atoms with van der Waals surface area (Å²) in [6.45, 7) is 2.76. The first-order valence-electron chi connectivity index (χ1n) is 10.3. The first-order valence-corrected chi connectivity index (χ1v) is 12.5. The van der Waals surface area contributed by atoms with Crippen molar-refractivity contribution in [2.75, 3.05) is 12.3 Å². The summed E-state index contributed by atoms with van der Waals surface area (Å²) < 4.78 is 1.63. The largest absolute Gasteiger partial charge is 0.355 e. The molecule has 0 saturated heterocycles. The molecule has 30 heavy (non-hydrogen) atoms. The third-order valence-electron chi connectivity index (χ3n) is 5.23. The van der Waals surface area contributed by atoms with Crippen LogP contribution in [0.4, 0.5) is 0 Å². The van der Waals surface area contributed by atoms with Crippen molar-refractivity contribution < 1.29 is 4.79 Å². The summed E-state index contributed by atoms with van der Waals surface area (Å²) in [6.07, 6.45) is 6.19. The van der Waals surface area contributed by atoms with Crippen LogP contribution in [0.3, 0.4) is 0 Å². The van der Waals surface area contributed by atoms with Crippen LogP contribution in [-0.2, 0) is 17.6 Å². The van der Waals surface area contributed by atoms with Gasteiger partial charge in [0.05, 0.1) is 16.8 Å². The zero-order chi connectivity index (χ0) is 21.1. The molecule has 1 amide bonds. The molecule has 158 valence electrons. The van der Waals surface area contributed by atoms with Crippen molar-refractivity contribution in [2.24, 2.45) is 0 Å². The Morgan fingerprint density at radius 2 is 2.03 bits per heavy atom. The molecule has 0 bridgehead atoms. The highest BCUT2D eigenvalue weighted by Gasteiger charge is 2.23. The highest BCUT2D eigenvalue weighted by atomic mass is 35.5. The van der Waals surface area contributed by atoms with Crippen LogP contribution in [0.1, 0.15) is 43.0 Å².